The van der Waals surface area contributed by atoms with Gasteiger partial charge in [0, 0.05) is 18.1 Å². The molecule has 0 aromatic carbocycles. The predicted molar refractivity (Wildman–Crippen MR) is 62.5 cm³/mol. The first kappa shape index (κ1) is 13.9. The van der Waals surface area contributed by atoms with Crippen LogP contribution in [0.1, 0.15) is 54.4 Å². The molecule has 0 heterocycles. The molecule has 86 valence electrons. The van der Waals surface area contributed by atoms with Crippen molar-refractivity contribution in [1.82, 2.24) is 4.90 Å². The van der Waals surface area contributed by atoms with Crippen LogP contribution in [-0.4, -0.2) is 34.2 Å². The molecule has 0 aromatic rings. The Labute approximate surface area is 89.3 Å². The molecule has 0 amide bonds. The van der Waals surface area contributed by atoms with Crippen LogP contribution in [0.25, 0.3) is 0 Å². The molecule has 0 aliphatic rings. The molecule has 2 unspecified atom stereocenters. The predicted octanol–water partition coefficient (Wildman–Crippen LogP) is 2.65. The molecule has 2 atom stereocenters. The largest absolute Gasteiger partial charge is 0.392 e. The van der Waals surface area contributed by atoms with Gasteiger partial charge in [0.2, 0.25) is 0 Å². The van der Waals surface area contributed by atoms with Gasteiger partial charge in [-0.15, -0.1) is 0 Å². The van der Waals surface area contributed by atoms with Crippen LogP contribution in [0, 0.1) is 0 Å². The number of hydrogen-bond donors (Lipinski definition) is 1. The van der Waals surface area contributed by atoms with Crippen molar-refractivity contribution in [3.63, 3.8) is 0 Å². The number of nitrogens with zero attached hydrogens (tertiary/aromatic N) is 1. The molecule has 2 heteroatoms. The van der Waals surface area contributed by atoms with Crippen molar-refractivity contribution in [3.05, 3.63) is 0 Å². The molecule has 0 rings (SSSR count). The first-order chi connectivity index (χ1) is 6.41. The highest BCUT2D eigenvalue weighted by Crippen LogP contribution is 2.15. The van der Waals surface area contributed by atoms with E-state index in [1.807, 2.05) is 0 Å². The van der Waals surface area contributed by atoms with E-state index < -0.39 is 0 Å². The molecule has 0 spiro atoms. The highest BCUT2D eigenvalue weighted by atomic mass is 16.3. The van der Waals surface area contributed by atoms with E-state index in [1.54, 1.807) is 0 Å². The topological polar surface area (TPSA) is 23.5 Å². The Hall–Kier alpha value is -0.0800. The van der Waals surface area contributed by atoms with Gasteiger partial charge in [0.05, 0.1) is 6.10 Å². The van der Waals surface area contributed by atoms with Gasteiger partial charge in [-0.25, -0.2) is 0 Å². The first-order valence-electron chi connectivity index (χ1n) is 5.87. The van der Waals surface area contributed by atoms with Gasteiger partial charge < -0.3 is 5.11 Å². The molecule has 1 N–H and O–H groups in total. The van der Waals surface area contributed by atoms with Gasteiger partial charge >= 0.3 is 0 Å². The molecule has 0 fully saturated rings. The summed E-state index contributed by atoms with van der Waals surface area (Å²) in [7, 11) is 0. The molecular weight excluding hydrogens is 174 g/mol. The van der Waals surface area contributed by atoms with E-state index in [1.165, 1.54) is 0 Å². The van der Waals surface area contributed by atoms with Crippen molar-refractivity contribution in [2.75, 3.05) is 0 Å². The lowest BCUT2D eigenvalue weighted by atomic mass is 10.0. The van der Waals surface area contributed by atoms with E-state index in [2.05, 4.69) is 46.4 Å². The SMILES string of the molecule is CCCC(O)C(C)N(C(C)C)C(C)C. The van der Waals surface area contributed by atoms with E-state index in [4.69, 9.17) is 0 Å². The lowest BCUT2D eigenvalue weighted by Gasteiger charge is -2.38. The Morgan fingerprint density at radius 1 is 1.00 bits per heavy atom. The minimum absolute atomic E-state index is 0.190. The molecule has 0 bridgehead atoms. The standard InChI is InChI=1S/C12H27NO/c1-7-8-12(14)11(6)13(9(2)3)10(4)5/h9-12,14H,7-8H2,1-6H3. The molecule has 0 aromatic heterocycles. The maximum Gasteiger partial charge on any atom is 0.0692 e. The van der Waals surface area contributed by atoms with Crippen molar-refractivity contribution in [1.29, 1.82) is 0 Å². The van der Waals surface area contributed by atoms with Crippen LogP contribution in [0.2, 0.25) is 0 Å². The fourth-order valence-electron chi connectivity index (χ4n) is 2.27. The summed E-state index contributed by atoms with van der Waals surface area (Å²) in [6.45, 7) is 13.0. The van der Waals surface area contributed by atoms with E-state index in [9.17, 15) is 5.11 Å². The molecular formula is C12H27NO. The average Bonchev–Trinajstić information content (AvgIpc) is 2.03. The molecule has 0 saturated carbocycles. The fraction of sp³-hybridized carbons (Fsp3) is 1.00. The number of rotatable bonds is 6. The quantitative estimate of drug-likeness (QED) is 0.714. The Kier molecular flexibility index (Phi) is 6.38. The fourth-order valence-corrected chi connectivity index (χ4v) is 2.27. The second-order valence-electron chi connectivity index (χ2n) is 4.73. The van der Waals surface area contributed by atoms with Crippen LogP contribution >= 0.6 is 0 Å². The van der Waals surface area contributed by atoms with Crippen LogP contribution < -0.4 is 0 Å². The van der Waals surface area contributed by atoms with Gasteiger partial charge in [0.1, 0.15) is 0 Å². The summed E-state index contributed by atoms with van der Waals surface area (Å²) in [5, 5.41) is 9.94. The highest BCUT2D eigenvalue weighted by molar-refractivity contribution is 4.79. The van der Waals surface area contributed by atoms with E-state index in [0.717, 1.165) is 12.8 Å². The second kappa shape index (κ2) is 6.41. The smallest absolute Gasteiger partial charge is 0.0692 e. The summed E-state index contributed by atoms with van der Waals surface area (Å²) in [5.41, 5.74) is 0. The lowest BCUT2D eigenvalue weighted by molar-refractivity contribution is 0.0175. The summed E-state index contributed by atoms with van der Waals surface area (Å²) in [6.07, 6.45) is 1.76. The van der Waals surface area contributed by atoms with Gasteiger partial charge in [-0.05, 0) is 41.0 Å². The highest BCUT2D eigenvalue weighted by Gasteiger charge is 2.25. The maximum atomic E-state index is 9.94. The third-order valence-corrected chi connectivity index (χ3v) is 2.80. The molecule has 0 aliphatic carbocycles. The van der Waals surface area contributed by atoms with Crippen LogP contribution in [0.5, 0.6) is 0 Å². The van der Waals surface area contributed by atoms with E-state index in [-0.39, 0.29) is 12.1 Å². The van der Waals surface area contributed by atoms with Gasteiger partial charge in [0.25, 0.3) is 0 Å². The van der Waals surface area contributed by atoms with Gasteiger partial charge in [-0.1, -0.05) is 13.3 Å². The summed E-state index contributed by atoms with van der Waals surface area (Å²) >= 11 is 0. The van der Waals surface area contributed by atoms with Crippen LogP contribution in [0.3, 0.4) is 0 Å². The zero-order valence-electron chi connectivity index (χ0n) is 10.6. The van der Waals surface area contributed by atoms with Crippen molar-refractivity contribution < 1.29 is 5.11 Å². The normalized spacial score (nSPS) is 16.7. The number of aliphatic hydroxyl groups is 1. The van der Waals surface area contributed by atoms with Crippen molar-refractivity contribution in [2.45, 2.75) is 78.6 Å². The third-order valence-electron chi connectivity index (χ3n) is 2.80. The molecule has 14 heavy (non-hydrogen) atoms. The van der Waals surface area contributed by atoms with Crippen LogP contribution in [0.4, 0.5) is 0 Å². The molecule has 2 nitrogen and oxygen atoms in total. The summed E-state index contributed by atoms with van der Waals surface area (Å²) in [6, 6.07) is 1.25. The minimum Gasteiger partial charge on any atom is -0.392 e. The van der Waals surface area contributed by atoms with Crippen LogP contribution in [-0.2, 0) is 0 Å². The minimum atomic E-state index is -0.190. The summed E-state index contributed by atoms with van der Waals surface area (Å²) < 4.78 is 0. The molecule has 0 saturated heterocycles. The Morgan fingerprint density at radius 2 is 1.43 bits per heavy atom. The van der Waals surface area contributed by atoms with Crippen molar-refractivity contribution in [2.24, 2.45) is 0 Å². The summed E-state index contributed by atoms with van der Waals surface area (Å²) in [4.78, 5) is 2.38. The van der Waals surface area contributed by atoms with E-state index >= 15 is 0 Å². The zero-order valence-corrected chi connectivity index (χ0v) is 10.6. The van der Waals surface area contributed by atoms with E-state index in [0.29, 0.717) is 12.1 Å². The Morgan fingerprint density at radius 3 is 1.71 bits per heavy atom. The third kappa shape index (κ3) is 3.97. The molecule has 0 radical (unpaired) electrons. The van der Waals surface area contributed by atoms with Gasteiger partial charge in [0.15, 0.2) is 0 Å². The van der Waals surface area contributed by atoms with Gasteiger partial charge in [-0.2, -0.15) is 0 Å². The first-order valence-corrected chi connectivity index (χ1v) is 5.87. The van der Waals surface area contributed by atoms with Crippen molar-refractivity contribution in [3.8, 4) is 0 Å². The number of hydrogen-bond acceptors (Lipinski definition) is 2. The number of aliphatic hydroxyl groups excluding tert-OH is 1. The van der Waals surface area contributed by atoms with Crippen LogP contribution in [0.15, 0.2) is 0 Å². The van der Waals surface area contributed by atoms with Gasteiger partial charge in [-0.3, -0.25) is 4.90 Å². The zero-order chi connectivity index (χ0) is 11.3. The maximum absolute atomic E-state index is 9.94. The average molecular weight is 201 g/mol. The Balaban J connectivity index is 4.35. The second-order valence-corrected chi connectivity index (χ2v) is 4.73. The molecule has 0 aliphatic heterocycles. The van der Waals surface area contributed by atoms with Crippen molar-refractivity contribution >= 4 is 0 Å². The Bertz CT molecular complexity index is 137. The monoisotopic (exact) mass is 201 g/mol. The lowest BCUT2D eigenvalue weighted by Crippen LogP contribution is -2.49. The summed E-state index contributed by atoms with van der Waals surface area (Å²) in [5.74, 6) is 0.